The van der Waals surface area contributed by atoms with Crippen molar-refractivity contribution in [3.8, 4) is 11.3 Å². The lowest BCUT2D eigenvalue weighted by Gasteiger charge is -2.19. The number of benzene rings is 1. The van der Waals surface area contributed by atoms with Crippen molar-refractivity contribution in [1.29, 1.82) is 0 Å². The number of nitro groups is 1. The van der Waals surface area contributed by atoms with Crippen LogP contribution >= 0.6 is 15.9 Å². The molecule has 1 fully saturated rings. The second-order valence-corrected chi connectivity index (χ2v) is 6.51. The Kier molecular flexibility index (Phi) is 4.68. The first-order valence-corrected chi connectivity index (χ1v) is 8.25. The van der Waals surface area contributed by atoms with Gasteiger partial charge in [-0.15, -0.1) is 0 Å². The van der Waals surface area contributed by atoms with E-state index >= 15 is 0 Å². The molecule has 0 saturated carbocycles. The molecule has 0 spiro atoms. The molecule has 24 heavy (non-hydrogen) atoms. The monoisotopic (exact) mass is 394 g/mol. The topological polar surface area (TPSA) is 96.8 Å². The molecule has 0 radical (unpaired) electrons. The Morgan fingerprint density at radius 2 is 2.21 bits per heavy atom. The summed E-state index contributed by atoms with van der Waals surface area (Å²) in [6.07, 6.45) is 1.51. The molecule has 1 saturated heterocycles. The first-order valence-electron chi connectivity index (χ1n) is 7.45. The highest BCUT2D eigenvalue weighted by molar-refractivity contribution is 9.10. The Hall–Kier alpha value is -2.19. The molecule has 1 aromatic carbocycles. The first kappa shape index (κ1) is 16.7. The van der Waals surface area contributed by atoms with Gasteiger partial charge in [0.25, 0.3) is 5.69 Å². The van der Waals surface area contributed by atoms with Gasteiger partial charge in [-0.3, -0.25) is 19.8 Å². The largest absolute Gasteiger partial charge is 0.480 e. The summed E-state index contributed by atoms with van der Waals surface area (Å²) in [5.74, 6) is 0.443. The predicted molar refractivity (Wildman–Crippen MR) is 89.6 cm³/mol. The number of furan rings is 1. The molecule has 2 aromatic rings. The number of non-ortho nitro benzene ring substituents is 1. The molecule has 0 amide bonds. The third kappa shape index (κ3) is 3.34. The van der Waals surface area contributed by atoms with Crippen LogP contribution in [0.25, 0.3) is 11.3 Å². The van der Waals surface area contributed by atoms with Gasteiger partial charge < -0.3 is 9.52 Å². The molecule has 1 aliphatic rings. The number of carboxylic acid groups (broad SMARTS) is 1. The van der Waals surface area contributed by atoms with Gasteiger partial charge in [0.05, 0.1) is 11.5 Å². The lowest BCUT2D eigenvalue weighted by atomic mass is 10.1. The second-order valence-electron chi connectivity index (χ2n) is 5.65. The number of aliphatic carboxylic acids is 1. The average molecular weight is 395 g/mol. The number of nitro benzene ring substituents is 1. The maximum absolute atomic E-state index is 11.2. The highest BCUT2D eigenvalue weighted by atomic mass is 79.9. The minimum Gasteiger partial charge on any atom is -0.480 e. The minimum atomic E-state index is -0.808. The van der Waals surface area contributed by atoms with Crippen LogP contribution in [0.1, 0.15) is 18.6 Å². The fraction of sp³-hybridized carbons (Fsp3) is 0.312. The zero-order valence-corrected chi connectivity index (χ0v) is 14.2. The number of halogens is 1. The molecule has 0 unspecified atom stereocenters. The number of nitrogens with zero attached hydrogens (tertiary/aromatic N) is 2. The van der Waals surface area contributed by atoms with E-state index in [2.05, 4.69) is 15.9 Å². The molecule has 7 nitrogen and oxygen atoms in total. The molecule has 1 atom stereocenters. The minimum absolute atomic E-state index is 0.00114. The number of likely N-dealkylation sites (tertiary alicyclic amines) is 1. The van der Waals surface area contributed by atoms with Crippen molar-refractivity contribution in [2.45, 2.75) is 25.4 Å². The van der Waals surface area contributed by atoms with Gasteiger partial charge in [-0.05, 0) is 53.5 Å². The summed E-state index contributed by atoms with van der Waals surface area (Å²) < 4.78 is 6.38. The van der Waals surface area contributed by atoms with Gasteiger partial charge in [-0.25, -0.2) is 0 Å². The van der Waals surface area contributed by atoms with Crippen LogP contribution in [0.2, 0.25) is 0 Å². The van der Waals surface area contributed by atoms with Crippen LogP contribution in [-0.2, 0) is 11.3 Å². The molecular formula is C16H15BrN2O5. The van der Waals surface area contributed by atoms with Crippen molar-refractivity contribution in [1.82, 2.24) is 4.90 Å². The average Bonchev–Trinajstić information content (AvgIpc) is 3.17. The number of carbonyl (C=O) groups is 1. The summed E-state index contributed by atoms with van der Waals surface area (Å²) in [4.78, 5) is 23.4. The van der Waals surface area contributed by atoms with Gasteiger partial charge in [-0.2, -0.15) is 0 Å². The van der Waals surface area contributed by atoms with Gasteiger partial charge in [-0.1, -0.05) is 0 Å². The normalized spacial score (nSPS) is 18.0. The Morgan fingerprint density at radius 3 is 2.88 bits per heavy atom. The van der Waals surface area contributed by atoms with Gasteiger partial charge in [0.1, 0.15) is 17.6 Å². The molecule has 1 N–H and O–H groups in total. The smallest absolute Gasteiger partial charge is 0.320 e. The Labute approximate surface area is 146 Å². The van der Waals surface area contributed by atoms with Crippen molar-refractivity contribution < 1.29 is 19.2 Å². The lowest BCUT2D eigenvalue weighted by molar-refractivity contribution is -0.384. The summed E-state index contributed by atoms with van der Waals surface area (Å²) in [6.45, 7) is 1.16. The molecule has 0 bridgehead atoms. The second kappa shape index (κ2) is 6.74. The van der Waals surface area contributed by atoms with Gasteiger partial charge in [0, 0.05) is 22.2 Å². The van der Waals surface area contributed by atoms with E-state index in [0.29, 0.717) is 34.5 Å². The summed E-state index contributed by atoms with van der Waals surface area (Å²) in [5, 5.41) is 20.0. The SMILES string of the molecule is O=C(O)[C@@H]1CCCN1Cc1ccc(-c2ccc([N+](=O)[O-])cc2Br)o1. The third-order valence-corrected chi connectivity index (χ3v) is 4.75. The van der Waals surface area contributed by atoms with Gasteiger partial charge in [0.15, 0.2) is 0 Å². The highest BCUT2D eigenvalue weighted by Crippen LogP contribution is 2.33. The molecule has 8 heteroatoms. The van der Waals surface area contributed by atoms with Gasteiger partial charge >= 0.3 is 5.97 Å². The molecule has 126 valence electrons. The fourth-order valence-corrected chi connectivity index (χ4v) is 3.48. The number of carboxylic acids is 1. The summed E-state index contributed by atoms with van der Waals surface area (Å²) in [5.41, 5.74) is 0.710. The summed E-state index contributed by atoms with van der Waals surface area (Å²) in [6, 6.07) is 7.60. The predicted octanol–water partition coefficient (Wildman–Crippen LogP) is 3.67. The van der Waals surface area contributed by atoms with Crippen LogP contribution in [0, 0.1) is 10.1 Å². The maximum Gasteiger partial charge on any atom is 0.320 e. The number of hydrogen-bond donors (Lipinski definition) is 1. The van der Waals surface area contributed by atoms with Crippen LogP contribution in [0.3, 0.4) is 0 Å². The maximum atomic E-state index is 11.2. The number of rotatable bonds is 5. The van der Waals surface area contributed by atoms with Crippen molar-refractivity contribution in [3.63, 3.8) is 0 Å². The molecule has 1 aliphatic heterocycles. The van der Waals surface area contributed by atoms with Crippen molar-refractivity contribution in [3.05, 3.63) is 50.7 Å². The van der Waals surface area contributed by atoms with Crippen molar-refractivity contribution >= 4 is 27.6 Å². The van der Waals surface area contributed by atoms with Crippen molar-refractivity contribution in [2.24, 2.45) is 0 Å². The van der Waals surface area contributed by atoms with E-state index in [4.69, 9.17) is 4.42 Å². The zero-order valence-electron chi connectivity index (χ0n) is 12.6. The van der Waals surface area contributed by atoms with E-state index in [1.54, 1.807) is 18.2 Å². The Morgan fingerprint density at radius 1 is 1.42 bits per heavy atom. The molecule has 3 rings (SSSR count). The van der Waals surface area contributed by atoms with E-state index in [9.17, 15) is 20.0 Å². The molecule has 1 aromatic heterocycles. The highest BCUT2D eigenvalue weighted by Gasteiger charge is 2.31. The Bertz CT molecular complexity index is 789. The summed E-state index contributed by atoms with van der Waals surface area (Å²) >= 11 is 3.33. The fourth-order valence-electron chi connectivity index (χ4n) is 2.92. The van der Waals surface area contributed by atoms with Crippen molar-refractivity contribution in [2.75, 3.05) is 6.54 Å². The van der Waals surface area contributed by atoms with E-state index in [-0.39, 0.29) is 5.69 Å². The Balaban J connectivity index is 1.78. The van der Waals surface area contributed by atoms with Gasteiger partial charge in [0.2, 0.25) is 0 Å². The van der Waals surface area contributed by atoms with Crippen LogP contribution in [0.5, 0.6) is 0 Å². The van der Waals surface area contributed by atoms with E-state index < -0.39 is 16.9 Å². The molecule has 2 heterocycles. The quantitative estimate of drug-likeness (QED) is 0.613. The third-order valence-electron chi connectivity index (χ3n) is 4.10. The van der Waals surface area contributed by atoms with Crippen LogP contribution in [0.15, 0.2) is 39.2 Å². The van der Waals surface area contributed by atoms with Crippen LogP contribution in [0.4, 0.5) is 5.69 Å². The first-order chi connectivity index (χ1) is 11.5. The van der Waals surface area contributed by atoms with Crippen LogP contribution < -0.4 is 0 Å². The molecular weight excluding hydrogens is 380 g/mol. The van der Waals surface area contributed by atoms with E-state index in [1.807, 2.05) is 4.90 Å². The summed E-state index contributed by atoms with van der Waals surface area (Å²) in [7, 11) is 0. The number of hydrogen-bond acceptors (Lipinski definition) is 5. The lowest BCUT2D eigenvalue weighted by Crippen LogP contribution is -2.35. The van der Waals surface area contributed by atoms with Crippen LogP contribution in [-0.4, -0.2) is 33.5 Å². The van der Waals surface area contributed by atoms with E-state index in [0.717, 1.165) is 13.0 Å². The zero-order chi connectivity index (χ0) is 17.3. The standard InChI is InChI=1S/C16H15BrN2O5/c17-13-8-10(19(22)23)3-5-12(13)15-6-4-11(24-15)9-18-7-1-2-14(18)16(20)21/h3-6,8,14H,1-2,7,9H2,(H,20,21)/t14-/m0/s1. The molecule has 0 aliphatic carbocycles. The van der Waals surface area contributed by atoms with E-state index in [1.165, 1.54) is 12.1 Å².